The zero-order valence-corrected chi connectivity index (χ0v) is 16.0. The molecule has 2 rings (SSSR count). The molecule has 2 unspecified atom stereocenters. The van der Waals surface area contributed by atoms with Crippen molar-refractivity contribution in [2.75, 3.05) is 33.3 Å². The Morgan fingerprint density at radius 3 is 2.33 bits per heavy atom. The van der Waals surface area contributed by atoms with Crippen LogP contribution in [0.25, 0.3) is 0 Å². The first kappa shape index (κ1) is 23.0. The van der Waals surface area contributed by atoms with E-state index < -0.39 is 0 Å². The maximum Gasteiger partial charge on any atom is 0.224 e. The zero-order chi connectivity index (χ0) is 15.9. The highest BCUT2D eigenvalue weighted by Crippen LogP contribution is 2.26. The van der Waals surface area contributed by atoms with Crippen LogP contribution in [0.15, 0.2) is 24.3 Å². The SMILES string of the molecule is COc1ccc(C(CNC(=O)C(C)CN)N2CCCC2)cc1.Cl.Cl. The van der Waals surface area contributed by atoms with Gasteiger partial charge in [0.2, 0.25) is 5.91 Å². The number of ether oxygens (including phenoxy) is 1. The van der Waals surface area contributed by atoms with Crippen LogP contribution in [0.1, 0.15) is 31.4 Å². The van der Waals surface area contributed by atoms with Gasteiger partial charge in [-0.3, -0.25) is 9.69 Å². The summed E-state index contributed by atoms with van der Waals surface area (Å²) < 4.78 is 5.22. The number of likely N-dealkylation sites (tertiary alicyclic amines) is 1. The fourth-order valence-electron chi connectivity index (χ4n) is 2.82. The van der Waals surface area contributed by atoms with E-state index in [-0.39, 0.29) is 42.7 Å². The standard InChI is InChI=1S/C17H27N3O2.2ClH/c1-13(11-18)17(21)19-12-16(20-9-3-4-10-20)14-5-7-15(22-2)8-6-14;;/h5-8,13,16H,3-4,9-12,18H2,1-2H3,(H,19,21);2*1H. The van der Waals surface area contributed by atoms with Crippen molar-refractivity contribution in [3.63, 3.8) is 0 Å². The minimum absolute atomic E-state index is 0. The Labute approximate surface area is 157 Å². The summed E-state index contributed by atoms with van der Waals surface area (Å²) in [5, 5.41) is 3.05. The van der Waals surface area contributed by atoms with Gasteiger partial charge in [0.15, 0.2) is 0 Å². The summed E-state index contributed by atoms with van der Waals surface area (Å²) in [4.78, 5) is 14.4. The van der Waals surface area contributed by atoms with Gasteiger partial charge in [-0.2, -0.15) is 0 Å². The van der Waals surface area contributed by atoms with Crippen molar-refractivity contribution in [3.8, 4) is 5.75 Å². The van der Waals surface area contributed by atoms with E-state index in [9.17, 15) is 4.79 Å². The fourth-order valence-corrected chi connectivity index (χ4v) is 2.82. The number of hydrogen-bond donors (Lipinski definition) is 2. The topological polar surface area (TPSA) is 67.6 Å². The van der Waals surface area contributed by atoms with Crippen molar-refractivity contribution in [3.05, 3.63) is 29.8 Å². The normalized spacial score (nSPS) is 16.5. The summed E-state index contributed by atoms with van der Waals surface area (Å²) in [5.41, 5.74) is 6.77. The van der Waals surface area contributed by atoms with Gasteiger partial charge in [0, 0.05) is 19.0 Å². The van der Waals surface area contributed by atoms with E-state index in [1.54, 1.807) is 7.11 Å². The summed E-state index contributed by atoms with van der Waals surface area (Å²) in [6, 6.07) is 8.33. The number of benzene rings is 1. The Hall–Kier alpha value is -1.01. The van der Waals surface area contributed by atoms with Crippen LogP contribution in [0, 0.1) is 5.92 Å². The molecule has 24 heavy (non-hydrogen) atoms. The number of carbonyl (C=O) groups is 1. The zero-order valence-electron chi connectivity index (χ0n) is 14.4. The van der Waals surface area contributed by atoms with Gasteiger partial charge in [-0.05, 0) is 43.6 Å². The Morgan fingerprint density at radius 1 is 1.25 bits per heavy atom. The fraction of sp³-hybridized carbons (Fsp3) is 0.588. The lowest BCUT2D eigenvalue weighted by molar-refractivity contribution is -0.124. The van der Waals surface area contributed by atoms with Gasteiger partial charge in [0.05, 0.1) is 13.2 Å². The Morgan fingerprint density at radius 2 is 1.83 bits per heavy atom. The van der Waals surface area contributed by atoms with E-state index in [4.69, 9.17) is 10.5 Å². The number of methoxy groups -OCH3 is 1. The molecule has 1 saturated heterocycles. The minimum Gasteiger partial charge on any atom is -0.497 e. The molecule has 0 bridgehead atoms. The van der Waals surface area contributed by atoms with Crippen molar-refractivity contribution in [1.82, 2.24) is 10.2 Å². The smallest absolute Gasteiger partial charge is 0.224 e. The number of nitrogens with one attached hydrogen (secondary N) is 1. The second-order valence-corrected chi connectivity index (χ2v) is 5.91. The lowest BCUT2D eigenvalue weighted by atomic mass is 10.0. The highest BCUT2D eigenvalue weighted by atomic mass is 35.5. The van der Waals surface area contributed by atoms with Gasteiger partial charge >= 0.3 is 0 Å². The van der Waals surface area contributed by atoms with Gasteiger partial charge in [0.1, 0.15) is 5.75 Å². The molecule has 138 valence electrons. The highest BCUT2D eigenvalue weighted by molar-refractivity contribution is 5.85. The van der Waals surface area contributed by atoms with E-state index in [0.29, 0.717) is 13.1 Å². The van der Waals surface area contributed by atoms with E-state index in [1.807, 2.05) is 19.1 Å². The van der Waals surface area contributed by atoms with Crippen LogP contribution in [-0.2, 0) is 4.79 Å². The first-order chi connectivity index (χ1) is 10.7. The third-order valence-electron chi connectivity index (χ3n) is 4.35. The lowest BCUT2D eigenvalue weighted by Crippen LogP contribution is -2.40. The maximum atomic E-state index is 12.0. The molecule has 0 saturated carbocycles. The van der Waals surface area contributed by atoms with Gasteiger partial charge in [0.25, 0.3) is 0 Å². The van der Waals surface area contributed by atoms with Gasteiger partial charge in [-0.25, -0.2) is 0 Å². The second-order valence-electron chi connectivity index (χ2n) is 5.91. The van der Waals surface area contributed by atoms with Crippen LogP contribution in [0.3, 0.4) is 0 Å². The third-order valence-corrected chi connectivity index (χ3v) is 4.35. The quantitative estimate of drug-likeness (QED) is 0.765. The number of hydrogen-bond acceptors (Lipinski definition) is 4. The Balaban J connectivity index is 0.00000264. The van der Waals surface area contributed by atoms with Crippen molar-refractivity contribution < 1.29 is 9.53 Å². The first-order valence-electron chi connectivity index (χ1n) is 8.01. The molecular weight excluding hydrogens is 349 g/mol. The number of amides is 1. The van der Waals surface area contributed by atoms with Crippen LogP contribution in [0.4, 0.5) is 0 Å². The molecule has 0 aromatic heterocycles. The summed E-state index contributed by atoms with van der Waals surface area (Å²) in [5.74, 6) is 0.736. The molecule has 7 heteroatoms. The van der Waals surface area contributed by atoms with Gasteiger partial charge in [-0.15, -0.1) is 24.8 Å². The summed E-state index contributed by atoms with van der Waals surface area (Å²) >= 11 is 0. The number of carbonyl (C=O) groups excluding carboxylic acids is 1. The molecule has 1 heterocycles. The molecule has 1 aliphatic heterocycles. The minimum atomic E-state index is -0.143. The number of rotatable bonds is 7. The number of nitrogens with two attached hydrogens (primary N) is 1. The average molecular weight is 378 g/mol. The van der Waals surface area contributed by atoms with Crippen LogP contribution in [0.5, 0.6) is 5.75 Å². The largest absolute Gasteiger partial charge is 0.497 e. The van der Waals surface area contributed by atoms with Crippen LogP contribution in [-0.4, -0.2) is 44.1 Å². The van der Waals surface area contributed by atoms with Gasteiger partial charge < -0.3 is 15.8 Å². The van der Waals surface area contributed by atoms with Crippen LogP contribution >= 0.6 is 24.8 Å². The molecule has 0 aliphatic carbocycles. The summed E-state index contributed by atoms with van der Waals surface area (Å²) in [6.07, 6.45) is 2.44. The monoisotopic (exact) mass is 377 g/mol. The Kier molecular flexibility index (Phi) is 11.0. The van der Waals surface area contributed by atoms with E-state index >= 15 is 0 Å². The summed E-state index contributed by atoms with van der Waals surface area (Å²) in [7, 11) is 1.67. The molecule has 3 N–H and O–H groups in total. The van der Waals surface area contributed by atoms with Crippen LogP contribution < -0.4 is 15.8 Å². The van der Waals surface area contributed by atoms with Crippen molar-refractivity contribution in [2.24, 2.45) is 11.7 Å². The molecule has 1 aromatic rings. The maximum absolute atomic E-state index is 12.0. The molecule has 1 amide bonds. The van der Waals surface area contributed by atoms with Crippen molar-refractivity contribution in [1.29, 1.82) is 0 Å². The molecule has 0 spiro atoms. The molecule has 2 atom stereocenters. The van der Waals surface area contributed by atoms with E-state index in [1.165, 1.54) is 18.4 Å². The predicted molar refractivity (Wildman–Crippen MR) is 102 cm³/mol. The highest BCUT2D eigenvalue weighted by Gasteiger charge is 2.24. The molecule has 5 nitrogen and oxygen atoms in total. The average Bonchev–Trinajstić information content (AvgIpc) is 3.09. The number of nitrogens with zero attached hydrogens (tertiary/aromatic N) is 1. The van der Waals surface area contributed by atoms with Crippen LogP contribution in [0.2, 0.25) is 0 Å². The molecule has 1 aliphatic rings. The first-order valence-corrected chi connectivity index (χ1v) is 8.01. The second kappa shape index (κ2) is 11.5. The van der Waals surface area contributed by atoms with Gasteiger partial charge in [-0.1, -0.05) is 19.1 Å². The van der Waals surface area contributed by atoms with E-state index in [0.717, 1.165) is 18.8 Å². The Bertz CT molecular complexity index is 479. The number of halogens is 2. The summed E-state index contributed by atoms with van der Waals surface area (Å²) in [6.45, 7) is 5.02. The van der Waals surface area contributed by atoms with Crippen molar-refractivity contribution in [2.45, 2.75) is 25.8 Å². The predicted octanol–water partition coefficient (Wildman–Crippen LogP) is 2.39. The molecule has 1 aromatic carbocycles. The lowest BCUT2D eigenvalue weighted by Gasteiger charge is -2.28. The molecule has 1 fully saturated rings. The molecular formula is C17H29Cl2N3O2. The van der Waals surface area contributed by atoms with Crippen molar-refractivity contribution >= 4 is 30.7 Å². The third kappa shape index (κ3) is 6.13. The molecule has 0 radical (unpaired) electrons. The van der Waals surface area contributed by atoms with E-state index in [2.05, 4.69) is 22.3 Å².